The lowest BCUT2D eigenvalue weighted by Crippen LogP contribution is -2.61. The first kappa shape index (κ1) is 23.1. The molecule has 0 aromatic heterocycles. The summed E-state index contributed by atoms with van der Waals surface area (Å²) in [5, 5.41) is 3.23. The molecule has 1 N–H and O–H groups in total. The second-order valence-corrected chi connectivity index (χ2v) is 9.21. The maximum absolute atomic E-state index is 13.5. The molecule has 5 rings (SSSR count). The van der Waals surface area contributed by atoms with Crippen LogP contribution in [0.1, 0.15) is 11.1 Å². The van der Waals surface area contributed by atoms with Crippen molar-refractivity contribution in [3.8, 4) is 11.5 Å². The summed E-state index contributed by atoms with van der Waals surface area (Å²) in [6.07, 6.45) is 1.55. The van der Waals surface area contributed by atoms with Crippen LogP contribution in [-0.2, 0) is 17.6 Å². The van der Waals surface area contributed by atoms with Crippen molar-refractivity contribution in [2.75, 3.05) is 50.2 Å². The van der Waals surface area contributed by atoms with E-state index in [-0.39, 0.29) is 17.9 Å². The number of nitrogens with zero attached hydrogens (tertiary/aromatic N) is 2. The van der Waals surface area contributed by atoms with Crippen LogP contribution in [0, 0.1) is 5.92 Å². The second-order valence-electron chi connectivity index (χ2n) is 9.21. The Bertz CT molecular complexity index is 1160. The molecule has 2 unspecified atom stereocenters. The van der Waals surface area contributed by atoms with Gasteiger partial charge in [0.2, 0.25) is 5.91 Å². The van der Waals surface area contributed by atoms with Gasteiger partial charge in [0.1, 0.15) is 11.5 Å². The largest absolute Gasteiger partial charge is 0.497 e. The zero-order valence-electron chi connectivity index (χ0n) is 20.4. The van der Waals surface area contributed by atoms with Gasteiger partial charge in [-0.15, -0.1) is 0 Å². The van der Waals surface area contributed by atoms with E-state index in [2.05, 4.69) is 57.6 Å². The van der Waals surface area contributed by atoms with Crippen LogP contribution < -0.4 is 24.6 Å². The number of nitrogens with one attached hydrogen (secondary N) is 1. The van der Waals surface area contributed by atoms with E-state index >= 15 is 0 Å². The molecular weight excluding hydrogens is 438 g/mol. The summed E-state index contributed by atoms with van der Waals surface area (Å²) in [5.74, 6) is 1.73. The molecule has 0 aliphatic carbocycles. The van der Waals surface area contributed by atoms with Crippen LogP contribution in [-0.4, -0.2) is 52.3 Å². The number of ether oxygens (including phenoxy) is 2. The topological polar surface area (TPSA) is 54.0 Å². The Balaban J connectivity index is 1.33. The fourth-order valence-electron chi connectivity index (χ4n) is 5.42. The number of para-hydroxylation sites is 3. The lowest BCUT2D eigenvalue weighted by Gasteiger charge is -2.49. The summed E-state index contributed by atoms with van der Waals surface area (Å²) in [4.78, 5) is 18.3. The van der Waals surface area contributed by atoms with Crippen LogP contribution >= 0.6 is 0 Å². The summed E-state index contributed by atoms with van der Waals surface area (Å²) in [7, 11) is 3.38. The number of piperazine rings is 1. The Hall–Kier alpha value is -3.67. The van der Waals surface area contributed by atoms with E-state index in [4.69, 9.17) is 9.47 Å². The molecular formula is C29H33N3O3. The Kier molecular flexibility index (Phi) is 6.80. The van der Waals surface area contributed by atoms with Gasteiger partial charge in [0.05, 0.1) is 31.9 Å². The second kappa shape index (κ2) is 10.3. The van der Waals surface area contributed by atoms with Crippen LogP contribution in [0.2, 0.25) is 0 Å². The van der Waals surface area contributed by atoms with Gasteiger partial charge in [0.15, 0.2) is 0 Å². The third-order valence-electron chi connectivity index (χ3n) is 7.26. The third kappa shape index (κ3) is 4.78. The Morgan fingerprint density at radius 3 is 2.43 bits per heavy atom. The van der Waals surface area contributed by atoms with Crippen molar-refractivity contribution in [1.82, 2.24) is 5.32 Å². The predicted molar refractivity (Wildman–Crippen MR) is 140 cm³/mol. The van der Waals surface area contributed by atoms with E-state index in [1.807, 2.05) is 30.3 Å². The van der Waals surface area contributed by atoms with Gasteiger partial charge in [-0.1, -0.05) is 42.5 Å². The molecule has 2 aliphatic heterocycles. The van der Waals surface area contributed by atoms with E-state index in [9.17, 15) is 4.79 Å². The molecule has 0 spiro atoms. The van der Waals surface area contributed by atoms with E-state index in [0.717, 1.165) is 49.7 Å². The van der Waals surface area contributed by atoms with Crippen molar-refractivity contribution < 1.29 is 14.3 Å². The normalized spacial score (nSPS) is 18.9. The van der Waals surface area contributed by atoms with E-state index in [1.54, 1.807) is 14.2 Å². The van der Waals surface area contributed by atoms with Crippen molar-refractivity contribution in [2.45, 2.75) is 18.9 Å². The van der Waals surface area contributed by atoms with Crippen molar-refractivity contribution in [3.05, 3.63) is 83.9 Å². The van der Waals surface area contributed by atoms with Gasteiger partial charge in [-0.25, -0.2) is 0 Å². The summed E-state index contributed by atoms with van der Waals surface area (Å²) in [6.45, 7) is 3.16. The van der Waals surface area contributed by atoms with Gasteiger partial charge in [-0.05, 0) is 54.3 Å². The molecule has 2 atom stereocenters. The molecule has 3 aromatic carbocycles. The minimum absolute atomic E-state index is 0.101. The number of methoxy groups -OCH3 is 2. The highest BCUT2D eigenvalue weighted by atomic mass is 16.5. The monoisotopic (exact) mass is 471 g/mol. The number of anilines is 2. The maximum Gasteiger partial charge on any atom is 0.225 e. The molecule has 1 saturated heterocycles. The van der Waals surface area contributed by atoms with E-state index in [1.165, 1.54) is 16.8 Å². The summed E-state index contributed by atoms with van der Waals surface area (Å²) < 4.78 is 10.9. The molecule has 0 radical (unpaired) electrons. The molecule has 182 valence electrons. The average molecular weight is 472 g/mol. The molecule has 35 heavy (non-hydrogen) atoms. The lowest BCUT2D eigenvalue weighted by atomic mass is 9.83. The van der Waals surface area contributed by atoms with Gasteiger partial charge in [-0.2, -0.15) is 0 Å². The standard InChI is InChI=1S/C29H33N3O3/c1-34-23-13-11-21(12-14-23)15-16-30-29(33)24-19-22-7-3-4-8-25(22)32-18-17-31(20-27(24)32)26-9-5-6-10-28(26)35-2/h3-14,24,27H,15-20H2,1-2H3,(H,30,33). The minimum atomic E-state index is -0.113. The van der Waals surface area contributed by atoms with Crippen LogP contribution in [0.3, 0.4) is 0 Å². The zero-order chi connectivity index (χ0) is 24.2. The Labute approximate surface area is 207 Å². The number of rotatable bonds is 7. The highest BCUT2D eigenvalue weighted by Crippen LogP contribution is 2.38. The first-order valence-corrected chi connectivity index (χ1v) is 12.3. The third-order valence-corrected chi connectivity index (χ3v) is 7.26. The Morgan fingerprint density at radius 1 is 0.914 bits per heavy atom. The number of carbonyl (C=O) groups excluding carboxylic acids is 1. The molecule has 3 aromatic rings. The molecule has 2 aliphatic rings. The Morgan fingerprint density at radius 2 is 1.66 bits per heavy atom. The molecule has 1 amide bonds. The summed E-state index contributed by atoms with van der Waals surface area (Å²) >= 11 is 0. The minimum Gasteiger partial charge on any atom is -0.497 e. The lowest BCUT2D eigenvalue weighted by molar-refractivity contribution is -0.125. The first-order chi connectivity index (χ1) is 17.2. The van der Waals surface area contributed by atoms with Gasteiger partial charge < -0.3 is 24.6 Å². The van der Waals surface area contributed by atoms with Gasteiger partial charge in [0, 0.05) is 31.9 Å². The van der Waals surface area contributed by atoms with Gasteiger partial charge in [-0.3, -0.25) is 4.79 Å². The highest BCUT2D eigenvalue weighted by Gasteiger charge is 2.41. The molecule has 0 saturated carbocycles. The highest BCUT2D eigenvalue weighted by molar-refractivity contribution is 5.82. The van der Waals surface area contributed by atoms with Crippen LogP contribution in [0.4, 0.5) is 11.4 Å². The number of carbonyl (C=O) groups is 1. The van der Waals surface area contributed by atoms with Crippen LogP contribution in [0.5, 0.6) is 11.5 Å². The first-order valence-electron chi connectivity index (χ1n) is 12.3. The molecule has 6 nitrogen and oxygen atoms in total. The molecule has 6 heteroatoms. The van der Waals surface area contributed by atoms with E-state index in [0.29, 0.717) is 6.54 Å². The van der Waals surface area contributed by atoms with Crippen LogP contribution in [0.15, 0.2) is 72.8 Å². The van der Waals surface area contributed by atoms with E-state index < -0.39 is 0 Å². The molecule has 1 fully saturated rings. The van der Waals surface area contributed by atoms with Crippen molar-refractivity contribution in [1.29, 1.82) is 0 Å². The number of hydrogen-bond acceptors (Lipinski definition) is 5. The van der Waals surface area contributed by atoms with Crippen LogP contribution in [0.25, 0.3) is 0 Å². The van der Waals surface area contributed by atoms with Crippen molar-refractivity contribution >= 4 is 17.3 Å². The van der Waals surface area contributed by atoms with Crippen molar-refractivity contribution in [2.24, 2.45) is 5.92 Å². The maximum atomic E-state index is 13.5. The summed E-state index contributed by atoms with van der Waals surface area (Å²) in [5.41, 5.74) is 4.79. The number of fused-ring (bicyclic) bond motifs is 3. The number of amides is 1. The predicted octanol–water partition coefficient (Wildman–Crippen LogP) is 3.93. The zero-order valence-corrected chi connectivity index (χ0v) is 20.4. The fraction of sp³-hybridized carbons (Fsp3) is 0.345. The number of hydrogen-bond donors (Lipinski definition) is 1. The van der Waals surface area contributed by atoms with Crippen molar-refractivity contribution in [3.63, 3.8) is 0 Å². The van der Waals surface area contributed by atoms with Gasteiger partial charge in [0.25, 0.3) is 0 Å². The SMILES string of the molecule is COc1ccc(CCNC(=O)C2Cc3ccccc3N3CCN(c4ccccc4OC)CC23)cc1. The van der Waals surface area contributed by atoms with Gasteiger partial charge >= 0.3 is 0 Å². The quantitative estimate of drug-likeness (QED) is 0.566. The fourth-order valence-corrected chi connectivity index (χ4v) is 5.42. The average Bonchev–Trinajstić information content (AvgIpc) is 2.92. The molecule has 0 bridgehead atoms. The molecule has 2 heterocycles. The smallest absolute Gasteiger partial charge is 0.225 e. The number of benzene rings is 3. The summed E-state index contributed by atoms with van der Waals surface area (Å²) in [6, 6.07) is 24.8.